The van der Waals surface area contributed by atoms with Crippen LogP contribution in [-0.2, 0) is 19.4 Å². The van der Waals surface area contributed by atoms with E-state index in [9.17, 15) is 0 Å². The zero-order valence-corrected chi connectivity index (χ0v) is 13.3. The van der Waals surface area contributed by atoms with Crippen LogP contribution in [-0.4, -0.2) is 25.0 Å². The minimum Gasteiger partial charge on any atom is -0.384 e. The van der Waals surface area contributed by atoms with Gasteiger partial charge in [-0.05, 0) is 36.6 Å². The highest BCUT2D eigenvalue weighted by Gasteiger charge is 2.14. The fourth-order valence-corrected chi connectivity index (χ4v) is 2.88. The molecule has 0 aromatic heterocycles. The van der Waals surface area contributed by atoms with Crippen molar-refractivity contribution >= 4 is 18.1 Å². The normalized spacial score (nSPS) is 12.7. The van der Waals surface area contributed by atoms with E-state index < -0.39 is 0 Å². The lowest BCUT2D eigenvalue weighted by Gasteiger charge is -2.18. The largest absolute Gasteiger partial charge is 0.384 e. The Morgan fingerprint density at radius 2 is 1.86 bits per heavy atom. The lowest BCUT2D eigenvalue weighted by molar-refractivity contribution is 0.331. The van der Waals surface area contributed by atoms with Gasteiger partial charge >= 0.3 is 0 Å². The van der Waals surface area contributed by atoms with Crippen LogP contribution in [0, 0.1) is 0 Å². The summed E-state index contributed by atoms with van der Waals surface area (Å²) in [5, 5.41) is 3.52. The summed E-state index contributed by atoms with van der Waals surface area (Å²) < 4.78 is 0. The molecule has 3 heteroatoms. The van der Waals surface area contributed by atoms with Gasteiger partial charge in [-0.15, -0.1) is 12.4 Å². The number of likely N-dealkylation sites (N-methyl/N-ethyl adjacent to an activating group) is 1. The molecule has 0 aliphatic carbocycles. The van der Waals surface area contributed by atoms with E-state index in [1.807, 2.05) is 0 Å². The van der Waals surface area contributed by atoms with Gasteiger partial charge in [0.15, 0.2) is 0 Å². The van der Waals surface area contributed by atoms with Crippen LogP contribution >= 0.6 is 12.4 Å². The van der Waals surface area contributed by atoms with Crippen molar-refractivity contribution in [1.29, 1.82) is 0 Å². The molecule has 1 N–H and O–H groups in total. The molecule has 1 aliphatic heterocycles. The van der Waals surface area contributed by atoms with Crippen LogP contribution in [0.2, 0.25) is 0 Å². The van der Waals surface area contributed by atoms with Gasteiger partial charge < -0.3 is 10.2 Å². The standard InChI is InChI=1S/C18H22N2.ClH/c1-20(13-11-15-6-3-2-4-7-15)14-17-9-5-8-16-10-12-19-18(16)17;/h2-9,19H,10-14H2,1H3;1H. The number of nitrogens with zero attached hydrogens (tertiary/aromatic N) is 1. The highest BCUT2D eigenvalue weighted by molar-refractivity contribution is 5.85. The van der Waals surface area contributed by atoms with Gasteiger partial charge in [0.05, 0.1) is 0 Å². The lowest BCUT2D eigenvalue weighted by atomic mass is 10.1. The van der Waals surface area contributed by atoms with Crippen molar-refractivity contribution in [2.24, 2.45) is 0 Å². The quantitative estimate of drug-likeness (QED) is 0.905. The van der Waals surface area contributed by atoms with Crippen molar-refractivity contribution < 1.29 is 0 Å². The molecular formula is C18H23ClN2. The number of para-hydroxylation sites is 1. The summed E-state index contributed by atoms with van der Waals surface area (Å²) in [6.07, 6.45) is 2.27. The zero-order valence-electron chi connectivity index (χ0n) is 12.5. The fourth-order valence-electron chi connectivity index (χ4n) is 2.88. The molecule has 3 rings (SSSR count). The molecule has 2 aromatic carbocycles. The SMILES string of the molecule is CN(CCc1ccccc1)Cc1cccc2c1NCC2.Cl. The third kappa shape index (κ3) is 3.99. The van der Waals surface area contributed by atoms with Gasteiger partial charge in [-0.2, -0.15) is 0 Å². The third-order valence-electron chi connectivity index (χ3n) is 4.00. The topological polar surface area (TPSA) is 15.3 Å². The number of halogens is 1. The van der Waals surface area contributed by atoms with Crippen LogP contribution in [0.5, 0.6) is 0 Å². The summed E-state index contributed by atoms with van der Waals surface area (Å²) in [6, 6.07) is 17.4. The highest BCUT2D eigenvalue weighted by atomic mass is 35.5. The van der Waals surface area contributed by atoms with Gasteiger partial charge in [0.1, 0.15) is 0 Å². The van der Waals surface area contributed by atoms with Gasteiger partial charge in [0.2, 0.25) is 0 Å². The molecule has 1 aliphatic rings. The molecule has 2 aromatic rings. The van der Waals surface area contributed by atoms with Crippen molar-refractivity contribution in [3.63, 3.8) is 0 Å². The Hall–Kier alpha value is -1.51. The molecule has 0 radical (unpaired) electrons. The molecule has 0 amide bonds. The fraction of sp³-hybridized carbons (Fsp3) is 0.333. The predicted molar refractivity (Wildman–Crippen MR) is 92.4 cm³/mol. The van der Waals surface area contributed by atoms with Gasteiger partial charge in [-0.1, -0.05) is 48.5 Å². The molecule has 0 saturated heterocycles. The number of anilines is 1. The Labute approximate surface area is 133 Å². The van der Waals surface area contributed by atoms with E-state index in [-0.39, 0.29) is 12.4 Å². The van der Waals surface area contributed by atoms with Crippen LogP contribution < -0.4 is 5.32 Å². The first-order valence-electron chi connectivity index (χ1n) is 7.40. The minimum atomic E-state index is 0. The molecule has 0 bridgehead atoms. The van der Waals surface area contributed by atoms with Gasteiger partial charge in [-0.3, -0.25) is 0 Å². The summed E-state index contributed by atoms with van der Waals surface area (Å²) in [5.74, 6) is 0. The molecular weight excluding hydrogens is 280 g/mol. The molecule has 112 valence electrons. The average Bonchev–Trinajstić information content (AvgIpc) is 2.96. The maximum absolute atomic E-state index is 3.52. The van der Waals surface area contributed by atoms with Gasteiger partial charge in [0, 0.05) is 25.3 Å². The smallest absolute Gasteiger partial charge is 0.0419 e. The summed E-state index contributed by atoms with van der Waals surface area (Å²) in [7, 11) is 2.21. The zero-order chi connectivity index (χ0) is 13.8. The molecule has 0 spiro atoms. The molecule has 0 saturated carbocycles. The van der Waals surface area contributed by atoms with E-state index in [0.717, 1.165) is 32.5 Å². The van der Waals surface area contributed by atoms with Gasteiger partial charge in [-0.25, -0.2) is 0 Å². The Kier molecular flexibility index (Phi) is 5.66. The molecule has 0 unspecified atom stereocenters. The number of benzene rings is 2. The number of fused-ring (bicyclic) bond motifs is 1. The number of hydrogen-bond donors (Lipinski definition) is 1. The number of hydrogen-bond acceptors (Lipinski definition) is 2. The van der Waals surface area contributed by atoms with E-state index in [1.165, 1.54) is 22.4 Å². The second-order valence-corrected chi connectivity index (χ2v) is 5.60. The maximum atomic E-state index is 3.52. The Balaban J connectivity index is 0.00000161. The molecule has 0 atom stereocenters. The van der Waals surface area contributed by atoms with E-state index in [1.54, 1.807) is 0 Å². The molecule has 2 nitrogen and oxygen atoms in total. The summed E-state index contributed by atoms with van der Waals surface area (Å²) in [5.41, 5.74) is 5.68. The van der Waals surface area contributed by atoms with Crippen molar-refractivity contribution in [2.75, 3.05) is 25.5 Å². The Morgan fingerprint density at radius 3 is 2.67 bits per heavy atom. The van der Waals surface area contributed by atoms with E-state index in [4.69, 9.17) is 0 Å². The van der Waals surface area contributed by atoms with Crippen molar-refractivity contribution in [3.05, 3.63) is 65.2 Å². The van der Waals surface area contributed by atoms with E-state index in [0.29, 0.717) is 0 Å². The molecule has 21 heavy (non-hydrogen) atoms. The average molecular weight is 303 g/mol. The summed E-state index contributed by atoms with van der Waals surface area (Å²) >= 11 is 0. The summed E-state index contributed by atoms with van der Waals surface area (Å²) in [4.78, 5) is 2.41. The first kappa shape index (κ1) is 15.9. The predicted octanol–water partition coefficient (Wildman–Crippen LogP) is 3.75. The molecule has 0 fully saturated rings. The minimum absolute atomic E-state index is 0. The van der Waals surface area contributed by atoms with Crippen LogP contribution in [0.4, 0.5) is 5.69 Å². The third-order valence-corrected chi connectivity index (χ3v) is 4.00. The van der Waals surface area contributed by atoms with Crippen molar-refractivity contribution in [3.8, 4) is 0 Å². The van der Waals surface area contributed by atoms with E-state index in [2.05, 4.69) is 65.8 Å². The Bertz CT molecular complexity index is 569. The first-order chi connectivity index (χ1) is 9.83. The Morgan fingerprint density at radius 1 is 1.05 bits per heavy atom. The van der Waals surface area contributed by atoms with Crippen LogP contribution in [0.1, 0.15) is 16.7 Å². The first-order valence-corrected chi connectivity index (χ1v) is 7.40. The van der Waals surface area contributed by atoms with Gasteiger partial charge in [0.25, 0.3) is 0 Å². The maximum Gasteiger partial charge on any atom is 0.0419 e. The number of nitrogens with one attached hydrogen (secondary N) is 1. The second kappa shape index (κ2) is 7.48. The number of rotatable bonds is 5. The molecule has 1 heterocycles. The second-order valence-electron chi connectivity index (χ2n) is 5.60. The van der Waals surface area contributed by atoms with Crippen LogP contribution in [0.3, 0.4) is 0 Å². The van der Waals surface area contributed by atoms with Crippen LogP contribution in [0.25, 0.3) is 0 Å². The van der Waals surface area contributed by atoms with Crippen molar-refractivity contribution in [2.45, 2.75) is 19.4 Å². The van der Waals surface area contributed by atoms with Crippen molar-refractivity contribution in [1.82, 2.24) is 4.90 Å². The lowest BCUT2D eigenvalue weighted by Crippen LogP contribution is -2.21. The summed E-state index contributed by atoms with van der Waals surface area (Å²) in [6.45, 7) is 3.19. The highest BCUT2D eigenvalue weighted by Crippen LogP contribution is 2.27. The van der Waals surface area contributed by atoms with Crippen LogP contribution in [0.15, 0.2) is 48.5 Å². The van der Waals surface area contributed by atoms with E-state index >= 15 is 0 Å². The monoisotopic (exact) mass is 302 g/mol.